The van der Waals surface area contributed by atoms with Crippen molar-refractivity contribution in [2.45, 2.75) is 5.88 Å². The standard InChI is InChI=1S/C10H7ClN2S/c11-4-8-3-7-1-6(5-12)2-9(13)10(7)14-8/h1-3H,4,13H2. The summed E-state index contributed by atoms with van der Waals surface area (Å²) in [5.74, 6) is 0.487. The first kappa shape index (κ1) is 9.32. The Morgan fingerprint density at radius 1 is 1.43 bits per heavy atom. The topological polar surface area (TPSA) is 49.8 Å². The fourth-order valence-electron chi connectivity index (χ4n) is 1.36. The molecule has 0 fully saturated rings. The Balaban J connectivity index is 2.75. The number of rotatable bonds is 1. The summed E-state index contributed by atoms with van der Waals surface area (Å²) in [5.41, 5.74) is 7.06. The van der Waals surface area contributed by atoms with Crippen LogP contribution < -0.4 is 5.73 Å². The predicted molar refractivity (Wildman–Crippen MR) is 60.5 cm³/mol. The second-order valence-corrected chi connectivity index (χ2v) is 4.35. The molecule has 2 aromatic rings. The number of nitrogens with two attached hydrogens (primary N) is 1. The maximum absolute atomic E-state index is 8.76. The van der Waals surface area contributed by atoms with Gasteiger partial charge in [0.05, 0.1) is 27.9 Å². The molecular formula is C10H7ClN2S. The van der Waals surface area contributed by atoms with Crippen molar-refractivity contribution in [2.24, 2.45) is 0 Å². The van der Waals surface area contributed by atoms with Gasteiger partial charge in [-0.3, -0.25) is 0 Å². The lowest BCUT2D eigenvalue weighted by molar-refractivity contribution is 1.50. The first-order chi connectivity index (χ1) is 6.74. The Hall–Kier alpha value is -1.24. The zero-order valence-corrected chi connectivity index (χ0v) is 8.82. The number of fused-ring (bicyclic) bond motifs is 1. The zero-order chi connectivity index (χ0) is 10.1. The molecule has 1 aromatic heterocycles. The Bertz CT molecular complexity index is 525. The molecule has 2 N–H and O–H groups in total. The Morgan fingerprint density at radius 2 is 2.21 bits per heavy atom. The van der Waals surface area contributed by atoms with Gasteiger partial charge >= 0.3 is 0 Å². The molecule has 0 bridgehead atoms. The van der Waals surface area contributed by atoms with Crippen LogP contribution in [0.5, 0.6) is 0 Å². The lowest BCUT2D eigenvalue weighted by Gasteiger charge is -1.95. The van der Waals surface area contributed by atoms with Crippen molar-refractivity contribution in [3.05, 3.63) is 28.6 Å². The fraction of sp³-hybridized carbons (Fsp3) is 0.100. The first-order valence-corrected chi connectivity index (χ1v) is 5.37. The van der Waals surface area contributed by atoms with Crippen LogP contribution in [0.25, 0.3) is 10.1 Å². The number of hydrogen-bond acceptors (Lipinski definition) is 3. The van der Waals surface area contributed by atoms with Gasteiger partial charge in [-0.05, 0) is 23.6 Å². The summed E-state index contributed by atoms with van der Waals surface area (Å²) in [6.07, 6.45) is 0. The summed E-state index contributed by atoms with van der Waals surface area (Å²) in [5, 5.41) is 9.76. The molecule has 0 aliphatic rings. The highest BCUT2D eigenvalue weighted by molar-refractivity contribution is 7.19. The minimum absolute atomic E-state index is 0.487. The van der Waals surface area contributed by atoms with Crippen LogP contribution in [-0.4, -0.2) is 0 Å². The summed E-state index contributed by atoms with van der Waals surface area (Å²) in [7, 11) is 0. The maximum Gasteiger partial charge on any atom is 0.0992 e. The number of alkyl halides is 1. The van der Waals surface area contributed by atoms with Gasteiger partial charge in [-0.2, -0.15) is 5.26 Å². The van der Waals surface area contributed by atoms with Gasteiger partial charge in [0.1, 0.15) is 0 Å². The van der Waals surface area contributed by atoms with Crippen molar-refractivity contribution in [3.8, 4) is 6.07 Å². The molecule has 0 aliphatic carbocycles. The van der Waals surface area contributed by atoms with Crippen LogP contribution in [0.3, 0.4) is 0 Å². The van der Waals surface area contributed by atoms with Crippen molar-refractivity contribution < 1.29 is 0 Å². The van der Waals surface area contributed by atoms with Crippen LogP contribution in [0, 0.1) is 11.3 Å². The number of nitrogen functional groups attached to an aromatic ring is 1. The molecular weight excluding hydrogens is 216 g/mol. The highest BCUT2D eigenvalue weighted by Crippen LogP contribution is 2.32. The molecule has 2 nitrogen and oxygen atoms in total. The normalized spacial score (nSPS) is 10.3. The van der Waals surface area contributed by atoms with E-state index < -0.39 is 0 Å². The molecule has 1 aromatic carbocycles. The molecule has 0 spiro atoms. The Kier molecular flexibility index (Phi) is 2.32. The van der Waals surface area contributed by atoms with E-state index in [1.54, 1.807) is 17.4 Å². The maximum atomic E-state index is 8.76. The van der Waals surface area contributed by atoms with Crippen molar-refractivity contribution in [2.75, 3.05) is 5.73 Å². The lowest BCUT2D eigenvalue weighted by Crippen LogP contribution is -1.85. The number of halogens is 1. The highest BCUT2D eigenvalue weighted by atomic mass is 35.5. The Morgan fingerprint density at radius 3 is 2.86 bits per heavy atom. The molecule has 0 unspecified atom stereocenters. The second-order valence-electron chi connectivity index (χ2n) is 2.94. The third-order valence-electron chi connectivity index (χ3n) is 1.96. The summed E-state index contributed by atoms with van der Waals surface area (Å²) in [6.45, 7) is 0. The number of anilines is 1. The fourth-order valence-corrected chi connectivity index (χ4v) is 2.52. The zero-order valence-electron chi connectivity index (χ0n) is 7.25. The molecule has 70 valence electrons. The molecule has 14 heavy (non-hydrogen) atoms. The molecule has 2 rings (SSSR count). The van der Waals surface area contributed by atoms with Gasteiger partial charge in [-0.15, -0.1) is 22.9 Å². The molecule has 0 amide bonds. The molecule has 0 saturated heterocycles. The van der Waals surface area contributed by atoms with Gasteiger partial charge in [0.2, 0.25) is 0 Å². The van der Waals surface area contributed by atoms with Gasteiger partial charge in [0, 0.05) is 4.88 Å². The van der Waals surface area contributed by atoms with Crippen molar-refractivity contribution in [1.82, 2.24) is 0 Å². The third kappa shape index (κ3) is 1.43. The van der Waals surface area contributed by atoms with E-state index in [1.165, 1.54) is 0 Å². The van der Waals surface area contributed by atoms with E-state index in [1.807, 2.05) is 12.1 Å². The van der Waals surface area contributed by atoms with Crippen LogP contribution in [0.4, 0.5) is 5.69 Å². The largest absolute Gasteiger partial charge is 0.398 e. The number of benzene rings is 1. The van der Waals surface area contributed by atoms with Gasteiger partial charge in [0.25, 0.3) is 0 Å². The Labute approximate surface area is 90.5 Å². The van der Waals surface area contributed by atoms with E-state index in [-0.39, 0.29) is 0 Å². The van der Waals surface area contributed by atoms with E-state index in [2.05, 4.69) is 6.07 Å². The van der Waals surface area contributed by atoms with Crippen molar-refractivity contribution in [3.63, 3.8) is 0 Å². The minimum Gasteiger partial charge on any atom is -0.398 e. The van der Waals surface area contributed by atoms with E-state index >= 15 is 0 Å². The predicted octanol–water partition coefficient (Wildman–Crippen LogP) is 3.09. The summed E-state index contributed by atoms with van der Waals surface area (Å²) in [4.78, 5) is 1.07. The van der Waals surface area contributed by atoms with Gasteiger partial charge in [0.15, 0.2) is 0 Å². The number of hydrogen-bond donors (Lipinski definition) is 1. The molecule has 1 heterocycles. The van der Waals surface area contributed by atoms with Crippen LogP contribution in [0.2, 0.25) is 0 Å². The van der Waals surface area contributed by atoms with Gasteiger partial charge in [-0.1, -0.05) is 0 Å². The highest BCUT2D eigenvalue weighted by Gasteiger charge is 2.05. The minimum atomic E-state index is 0.487. The van der Waals surface area contributed by atoms with Crippen molar-refractivity contribution in [1.29, 1.82) is 5.26 Å². The van der Waals surface area contributed by atoms with E-state index in [0.29, 0.717) is 17.1 Å². The van der Waals surface area contributed by atoms with Crippen LogP contribution in [0.1, 0.15) is 10.4 Å². The lowest BCUT2D eigenvalue weighted by atomic mass is 10.1. The van der Waals surface area contributed by atoms with E-state index in [0.717, 1.165) is 15.0 Å². The monoisotopic (exact) mass is 222 g/mol. The number of nitrogens with zero attached hydrogens (tertiary/aromatic N) is 1. The van der Waals surface area contributed by atoms with Crippen LogP contribution in [-0.2, 0) is 5.88 Å². The summed E-state index contributed by atoms with van der Waals surface area (Å²) < 4.78 is 1.01. The second kappa shape index (κ2) is 3.49. The SMILES string of the molecule is N#Cc1cc(N)c2sc(CCl)cc2c1. The molecule has 0 saturated carbocycles. The van der Waals surface area contributed by atoms with Crippen LogP contribution in [0.15, 0.2) is 18.2 Å². The summed E-state index contributed by atoms with van der Waals surface area (Å²) in [6, 6.07) is 7.58. The molecule has 4 heteroatoms. The third-order valence-corrected chi connectivity index (χ3v) is 3.60. The first-order valence-electron chi connectivity index (χ1n) is 4.02. The quantitative estimate of drug-likeness (QED) is 0.596. The van der Waals surface area contributed by atoms with Crippen molar-refractivity contribution >= 4 is 38.7 Å². The van der Waals surface area contributed by atoms with E-state index in [9.17, 15) is 0 Å². The molecule has 0 radical (unpaired) electrons. The molecule has 0 atom stereocenters. The number of nitriles is 1. The van der Waals surface area contributed by atoms with Gasteiger partial charge in [-0.25, -0.2) is 0 Å². The van der Waals surface area contributed by atoms with Crippen LogP contribution >= 0.6 is 22.9 Å². The molecule has 0 aliphatic heterocycles. The average Bonchev–Trinajstić information content (AvgIpc) is 2.61. The van der Waals surface area contributed by atoms with E-state index in [4.69, 9.17) is 22.6 Å². The smallest absolute Gasteiger partial charge is 0.0992 e. The van der Waals surface area contributed by atoms with Gasteiger partial charge < -0.3 is 5.73 Å². The number of thiophene rings is 1. The average molecular weight is 223 g/mol. The summed E-state index contributed by atoms with van der Waals surface area (Å²) >= 11 is 7.31.